The highest BCUT2D eigenvalue weighted by Gasteiger charge is 2.24. The van der Waals surface area contributed by atoms with Crippen molar-refractivity contribution in [2.45, 2.75) is 39.5 Å². The highest BCUT2D eigenvalue weighted by atomic mass is 16.3. The van der Waals surface area contributed by atoms with Gasteiger partial charge in [-0.15, -0.1) is 0 Å². The van der Waals surface area contributed by atoms with Gasteiger partial charge in [-0.05, 0) is 98.8 Å². The first-order chi connectivity index (χ1) is 15.8. The van der Waals surface area contributed by atoms with E-state index < -0.39 is 0 Å². The Morgan fingerprint density at radius 1 is 0.485 bits per heavy atom. The van der Waals surface area contributed by atoms with Gasteiger partial charge in [0.2, 0.25) is 0 Å². The van der Waals surface area contributed by atoms with Crippen LogP contribution in [0.3, 0.4) is 0 Å². The Kier molecular flexibility index (Phi) is 6.15. The van der Waals surface area contributed by atoms with Crippen LogP contribution in [0.5, 0.6) is 17.2 Å². The molecule has 0 atom stereocenters. The van der Waals surface area contributed by atoms with Crippen LogP contribution in [0.4, 0.5) is 0 Å². The fourth-order valence-corrected chi connectivity index (χ4v) is 4.52. The standard InChI is InChI=1S/C30H30O3/c1-18(2)26-17-27(20-5-11-23(31)12-6-20)30(22-9-15-25(33)16-10-22)28(19(3)4)29(26)21-7-13-24(32)14-8-21/h5-19,31-33H,1-4H3. The molecular weight excluding hydrogens is 408 g/mol. The average Bonchev–Trinajstić information content (AvgIpc) is 2.79. The van der Waals surface area contributed by atoms with Crippen molar-refractivity contribution in [3.8, 4) is 50.6 Å². The normalized spacial score (nSPS) is 11.3. The van der Waals surface area contributed by atoms with Crippen LogP contribution >= 0.6 is 0 Å². The zero-order chi connectivity index (χ0) is 23.7. The van der Waals surface area contributed by atoms with Gasteiger partial charge in [-0.2, -0.15) is 0 Å². The topological polar surface area (TPSA) is 60.7 Å². The van der Waals surface area contributed by atoms with Crippen molar-refractivity contribution < 1.29 is 15.3 Å². The molecule has 0 aliphatic carbocycles. The maximum atomic E-state index is 9.92. The Morgan fingerprint density at radius 3 is 1.27 bits per heavy atom. The summed E-state index contributed by atoms with van der Waals surface area (Å²) in [5.41, 5.74) is 8.96. The Labute approximate surface area is 195 Å². The third-order valence-electron chi connectivity index (χ3n) is 6.09. The van der Waals surface area contributed by atoms with Gasteiger partial charge in [-0.25, -0.2) is 0 Å². The Hall–Kier alpha value is -3.72. The van der Waals surface area contributed by atoms with Crippen molar-refractivity contribution >= 4 is 0 Å². The molecule has 0 spiro atoms. The van der Waals surface area contributed by atoms with Crippen molar-refractivity contribution in [1.29, 1.82) is 0 Å². The third kappa shape index (κ3) is 4.45. The maximum absolute atomic E-state index is 9.92. The van der Waals surface area contributed by atoms with Crippen LogP contribution in [0, 0.1) is 0 Å². The molecule has 4 aromatic carbocycles. The van der Waals surface area contributed by atoms with Gasteiger partial charge in [0.05, 0.1) is 0 Å². The number of phenolic OH excluding ortho intramolecular Hbond substituents is 3. The van der Waals surface area contributed by atoms with E-state index in [1.165, 1.54) is 16.7 Å². The number of rotatable bonds is 5. The van der Waals surface area contributed by atoms with Gasteiger partial charge in [0.25, 0.3) is 0 Å². The fraction of sp³-hybridized carbons (Fsp3) is 0.200. The van der Waals surface area contributed by atoms with E-state index >= 15 is 0 Å². The molecule has 0 aromatic heterocycles. The molecule has 3 nitrogen and oxygen atoms in total. The molecule has 3 heteroatoms. The number of benzene rings is 4. The molecule has 0 aliphatic heterocycles. The van der Waals surface area contributed by atoms with E-state index in [1.807, 2.05) is 36.4 Å². The quantitative estimate of drug-likeness (QED) is 0.295. The molecule has 0 unspecified atom stereocenters. The lowest BCUT2D eigenvalue weighted by molar-refractivity contribution is 0.475. The molecule has 0 heterocycles. The molecule has 33 heavy (non-hydrogen) atoms. The Morgan fingerprint density at radius 2 is 0.879 bits per heavy atom. The van der Waals surface area contributed by atoms with Crippen molar-refractivity contribution in [2.75, 3.05) is 0 Å². The minimum absolute atomic E-state index is 0.215. The lowest BCUT2D eigenvalue weighted by atomic mass is 9.77. The average molecular weight is 439 g/mol. The summed E-state index contributed by atoms with van der Waals surface area (Å²) >= 11 is 0. The summed E-state index contributed by atoms with van der Waals surface area (Å²) in [5.74, 6) is 1.20. The molecule has 0 aliphatic rings. The van der Waals surface area contributed by atoms with Gasteiger partial charge >= 0.3 is 0 Å². The predicted octanol–water partition coefficient (Wildman–Crippen LogP) is 8.05. The van der Waals surface area contributed by atoms with Crippen molar-refractivity contribution in [3.63, 3.8) is 0 Å². The second kappa shape index (κ2) is 9.03. The largest absolute Gasteiger partial charge is 0.508 e. The summed E-state index contributed by atoms with van der Waals surface area (Å²) in [5, 5.41) is 29.7. The first kappa shape index (κ1) is 22.5. The number of hydrogen-bond donors (Lipinski definition) is 3. The summed E-state index contributed by atoms with van der Waals surface area (Å²) in [6.07, 6.45) is 0. The van der Waals surface area contributed by atoms with Gasteiger partial charge in [0, 0.05) is 0 Å². The molecule has 3 N–H and O–H groups in total. The molecular formula is C30H30O3. The highest BCUT2D eigenvalue weighted by Crippen LogP contribution is 2.47. The first-order valence-corrected chi connectivity index (χ1v) is 11.3. The van der Waals surface area contributed by atoms with Crippen molar-refractivity contribution in [2.24, 2.45) is 0 Å². The van der Waals surface area contributed by atoms with Crippen LogP contribution in [0.1, 0.15) is 50.7 Å². The second-order valence-corrected chi connectivity index (χ2v) is 9.13. The van der Waals surface area contributed by atoms with E-state index in [4.69, 9.17) is 0 Å². The van der Waals surface area contributed by atoms with Crippen LogP contribution in [-0.4, -0.2) is 15.3 Å². The minimum Gasteiger partial charge on any atom is -0.508 e. The molecule has 0 amide bonds. The molecule has 4 aromatic rings. The third-order valence-corrected chi connectivity index (χ3v) is 6.09. The first-order valence-electron chi connectivity index (χ1n) is 11.3. The summed E-state index contributed by atoms with van der Waals surface area (Å²) in [6, 6.07) is 24.3. The van der Waals surface area contributed by atoms with Crippen LogP contribution in [-0.2, 0) is 0 Å². The molecule has 4 rings (SSSR count). The lowest BCUT2D eigenvalue weighted by Crippen LogP contribution is -2.05. The van der Waals surface area contributed by atoms with Crippen LogP contribution in [0.15, 0.2) is 78.9 Å². The molecule has 0 radical (unpaired) electrons. The second-order valence-electron chi connectivity index (χ2n) is 9.13. The molecule has 0 saturated heterocycles. The van der Waals surface area contributed by atoms with Crippen molar-refractivity contribution in [3.05, 3.63) is 90.0 Å². The van der Waals surface area contributed by atoms with Crippen LogP contribution < -0.4 is 0 Å². The number of phenols is 3. The molecule has 168 valence electrons. The molecule has 0 fully saturated rings. The SMILES string of the molecule is CC(C)c1cc(-c2ccc(O)cc2)c(-c2ccc(O)cc2)c(C(C)C)c1-c1ccc(O)cc1. The minimum atomic E-state index is 0.215. The van der Waals surface area contributed by atoms with E-state index in [0.717, 1.165) is 27.8 Å². The maximum Gasteiger partial charge on any atom is 0.115 e. The summed E-state index contributed by atoms with van der Waals surface area (Å²) in [4.78, 5) is 0. The van der Waals surface area contributed by atoms with Crippen LogP contribution in [0.2, 0.25) is 0 Å². The van der Waals surface area contributed by atoms with E-state index in [9.17, 15) is 15.3 Å². The number of hydrogen-bond acceptors (Lipinski definition) is 3. The molecule has 0 bridgehead atoms. The van der Waals surface area contributed by atoms with E-state index in [-0.39, 0.29) is 29.1 Å². The lowest BCUT2D eigenvalue weighted by Gasteiger charge is -2.27. The Balaban J connectivity index is 2.16. The highest BCUT2D eigenvalue weighted by molar-refractivity contribution is 5.93. The Bertz CT molecular complexity index is 1250. The summed E-state index contributed by atoms with van der Waals surface area (Å²) in [6.45, 7) is 8.80. The van der Waals surface area contributed by atoms with Gasteiger partial charge in [0.1, 0.15) is 17.2 Å². The van der Waals surface area contributed by atoms with Crippen LogP contribution in [0.25, 0.3) is 33.4 Å². The van der Waals surface area contributed by atoms with E-state index in [2.05, 4.69) is 33.8 Å². The summed E-state index contributed by atoms with van der Waals surface area (Å²) in [7, 11) is 0. The number of aromatic hydroxyl groups is 3. The van der Waals surface area contributed by atoms with E-state index in [0.29, 0.717) is 0 Å². The van der Waals surface area contributed by atoms with Gasteiger partial charge < -0.3 is 15.3 Å². The van der Waals surface area contributed by atoms with E-state index in [1.54, 1.807) is 36.4 Å². The molecule has 0 saturated carbocycles. The summed E-state index contributed by atoms with van der Waals surface area (Å²) < 4.78 is 0. The predicted molar refractivity (Wildman–Crippen MR) is 136 cm³/mol. The van der Waals surface area contributed by atoms with Crippen molar-refractivity contribution in [1.82, 2.24) is 0 Å². The fourth-order valence-electron chi connectivity index (χ4n) is 4.52. The van der Waals surface area contributed by atoms with Gasteiger partial charge in [-0.1, -0.05) is 64.1 Å². The monoisotopic (exact) mass is 438 g/mol. The zero-order valence-corrected chi connectivity index (χ0v) is 19.5. The zero-order valence-electron chi connectivity index (χ0n) is 19.5. The smallest absolute Gasteiger partial charge is 0.115 e. The van der Waals surface area contributed by atoms with Gasteiger partial charge in [0.15, 0.2) is 0 Å². The van der Waals surface area contributed by atoms with Gasteiger partial charge in [-0.3, -0.25) is 0 Å².